The van der Waals surface area contributed by atoms with Crippen LogP contribution in [0.25, 0.3) is 5.69 Å². The van der Waals surface area contributed by atoms with Gasteiger partial charge in [0, 0.05) is 31.2 Å². The molecule has 1 aliphatic rings. The summed E-state index contributed by atoms with van der Waals surface area (Å²) < 4.78 is 1.70. The first-order valence-corrected chi connectivity index (χ1v) is 9.22. The van der Waals surface area contributed by atoms with Crippen molar-refractivity contribution >= 4 is 35.1 Å². The van der Waals surface area contributed by atoms with Crippen LogP contribution in [0.15, 0.2) is 48.5 Å². The predicted octanol–water partition coefficient (Wildman–Crippen LogP) is 2.93. The van der Waals surface area contributed by atoms with E-state index in [0.29, 0.717) is 47.7 Å². The van der Waals surface area contributed by atoms with Gasteiger partial charge in [0.15, 0.2) is 0 Å². The number of hydrogen-bond donors (Lipinski definition) is 0. The summed E-state index contributed by atoms with van der Waals surface area (Å²) in [6.07, 6.45) is 0. The van der Waals surface area contributed by atoms with Gasteiger partial charge in [0.1, 0.15) is 0 Å². The number of halogens is 2. The molecule has 9 heteroatoms. The molecule has 2 heterocycles. The lowest BCUT2D eigenvalue weighted by molar-refractivity contribution is 0.0746. The second-order valence-electron chi connectivity index (χ2n) is 6.13. The Morgan fingerprint density at radius 1 is 0.963 bits per heavy atom. The van der Waals surface area contributed by atoms with Crippen LogP contribution in [0, 0.1) is 0 Å². The molecule has 1 saturated heterocycles. The van der Waals surface area contributed by atoms with E-state index in [1.807, 2.05) is 30.3 Å². The third-order valence-corrected chi connectivity index (χ3v) is 5.03. The Balaban J connectivity index is 1.48. The molecule has 2 aromatic carbocycles. The molecule has 0 atom stereocenters. The van der Waals surface area contributed by atoms with Crippen molar-refractivity contribution in [1.82, 2.24) is 25.1 Å². The number of hydrogen-bond acceptors (Lipinski definition) is 5. The summed E-state index contributed by atoms with van der Waals surface area (Å²) in [5.41, 5.74) is 1.31. The summed E-state index contributed by atoms with van der Waals surface area (Å²) in [5, 5.41) is 12.9. The largest absolute Gasteiger partial charge is 0.336 e. The maximum atomic E-state index is 12.8. The standard InChI is InChI=1S/C18H16Cl2N6O/c19-13-6-7-16(20)15(12-13)17(27)24-8-10-25(11-9-24)18-21-22-23-26(18)14-4-2-1-3-5-14/h1-7,12H,8-11H2. The second kappa shape index (κ2) is 7.54. The minimum atomic E-state index is -0.121. The van der Waals surface area contributed by atoms with Crippen LogP contribution in [0.2, 0.25) is 10.0 Å². The number of para-hydroxylation sites is 1. The number of carbonyl (C=O) groups excluding carboxylic acids is 1. The Kier molecular flexibility index (Phi) is 4.96. The molecule has 1 aliphatic heterocycles. The maximum Gasteiger partial charge on any atom is 0.255 e. The SMILES string of the molecule is O=C(c1cc(Cl)ccc1Cl)N1CCN(c2nnnn2-c2ccccc2)CC1. The number of benzene rings is 2. The normalized spacial score (nSPS) is 14.4. The highest BCUT2D eigenvalue weighted by Gasteiger charge is 2.26. The van der Waals surface area contributed by atoms with E-state index in [2.05, 4.69) is 20.4 Å². The Morgan fingerprint density at radius 2 is 1.70 bits per heavy atom. The van der Waals surface area contributed by atoms with Gasteiger partial charge in [-0.15, -0.1) is 0 Å². The van der Waals surface area contributed by atoms with Crippen molar-refractivity contribution in [3.63, 3.8) is 0 Å². The summed E-state index contributed by atoms with van der Waals surface area (Å²) in [7, 11) is 0. The van der Waals surface area contributed by atoms with Crippen LogP contribution in [0.1, 0.15) is 10.4 Å². The van der Waals surface area contributed by atoms with Crippen molar-refractivity contribution in [2.75, 3.05) is 31.1 Å². The molecule has 1 aromatic heterocycles. The molecule has 0 radical (unpaired) electrons. The number of carbonyl (C=O) groups is 1. The van der Waals surface area contributed by atoms with Crippen molar-refractivity contribution in [2.45, 2.75) is 0 Å². The lowest BCUT2D eigenvalue weighted by atomic mass is 10.2. The molecule has 7 nitrogen and oxygen atoms in total. The molecule has 1 fully saturated rings. The van der Waals surface area contributed by atoms with Crippen molar-refractivity contribution in [3.8, 4) is 5.69 Å². The van der Waals surface area contributed by atoms with Crippen LogP contribution >= 0.6 is 23.2 Å². The van der Waals surface area contributed by atoms with Crippen LogP contribution in [0.3, 0.4) is 0 Å². The zero-order valence-corrected chi connectivity index (χ0v) is 15.8. The summed E-state index contributed by atoms with van der Waals surface area (Å²) in [5.74, 6) is 0.541. The second-order valence-corrected chi connectivity index (χ2v) is 6.97. The topological polar surface area (TPSA) is 67.2 Å². The lowest BCUT2D eigenvalue weighted by Gasteiger charge is -2.35. The van der Waals surface area contributed by atoms with Crippen molar-refractivity contribution < 1.29 is 4.79 Å². The number of rotatable bonds is 3. The summed E-state index contributed by atoms with van der Waals surface area (Å²) >= 11 is 12.2. The van der Waals surface area contributed by atoms with Gasteiger partial charge in [0.25, 0.3) is 5.91 Å². The molecule has 4 rings (SSSR count). The Bertz CT molecular complexity index is 953. The number of anilines is 1. The van der Waals surface area contributed by atoms with Crippen molar-refractivity contribution in [2.24, 2.45) is 0 Å². The smallest absolute Gasteiger partial charge is 0.255 e. The molecular weight excluding hydrogens is 387 g/mol. The number of aromatic nitrogens is 4. The lowest BCUT2D eigenvalue weighted by Crippen LogP contribution is -2.49. The Morgan fingerprint density at radius 3 is 2.44 bits per heavy atom. The molecule has 138 valence electrons. The molecule has 3 aromatic rings. The number of amides is 1. The van der Waals surface area contributed by atoms with Crippen LogP contribution in [0.5, 0.6) is 0 Å². The van der Waals surface area contributed by atoms with Gasteiger partial charge in [-0.2, -0.15) is 4.68 Å². The summed E-state index contributed by atoms with van der Waals surface area (Å²) in [6.45, 7) is 2.33. The fourth-order valence-electron chi connectivity index (χ4n) is 3.06. The van der Waals surface area contributed by atoms with Gasteiger partial charge in [0.2, 0.25) is 5.95 Å². The van der Waals surface area contributed by atoms with Crippen LogP contribution in [-0.2, 0) is 0 Å². The van der Waals surface area contributed by atoms with E-state index >= 15 is 0 Å². The predicted molar refractivity (Wildman–Crippen MR) is 104 cm³/mol. The number of piperazine rings is 1. The van der Waals surface area contributed by atoms with Gasteiger partial charge < -0.3 is 9.80 Å². The van der Waals surface area contributed by atoms with Gasteiger partial charge >= 0.3 is 0 Å². The molecule has 27 heavy (non-hydrogen) atoms. The van der Waals surface area contributed by atoms with E-state index in [1.165, 1.54) is 0 Å². The van der Waals surface area contributed by atoms with Crippen LogP contribution in [0.4, 0.5) is 5.95 Å². The first-order chi connectivity index (χ1) is 13.1. The van der Waals surface area contributed by atoms with Crippen molar-refractivity contribution in [1.29, 1.82) is 0 Å². The molecule has 0 N–H and O–H groups in total. The zero-order valence-electron chi connectivity index (χ0n) is 14.3. The molecular formula is C18H16Cl2N6O. The molecule has 0 saturated carbocycles. The van der Waals surface area contributed by atoms with E-state index < -0.39 is 0 Å². The van der Waals surface area contributed by atoms with E-state index in [1.54, 1.807) is 27.8 Å². The van der Waals surface area contributed by atoms with E-state index in [4.69, 9.17) is 23.2 Å². The minimum Gasteiger partial charge on any atom is -0.336 e. The summed E-state index contributed by atoms with van der Waals surface area (Å²) in [6, 6.07) is 14.6. The highest BCUT2D eigenvalue weighted by atomic mass is 35.5. The van der Waals surface area contributed by atoms with Crippen LogP contribution < -0.4 is 4.90 Å². The van der Waals surface area contributed by atoms with Gasteiger partial charge in [0.05, 0.1) is 16.3 Å². The third kappa shape index (κ3) is 3.61. The van der Waals surface area contributed by atoms with Gasteiger partial charge in [-0.05, 0) is 40.8 Å². The first kappa shape index (κ1) is 17.8. The average molecular weight is 403 g/mol. The first-order valence-electron chi connectivity index (χ1n) is 8.46. The fourth-order valence-corrected chi connectivity index (χ4v) is 3.43. The Labute approximate surface area is 166 Å². The minimum absolute atomic E-state index is 0.121. The van der Waals surface area contributed by atoms with E-state index in [0.717, 1.165) is 5.69 Å². The maximum absolute atomic E-state index is 12.8. The quantitative estimate of drug-likeness (QED) is 0.673. The van der Waals surface area contributed by atoms with Crippen LogP contribution in [-0.4, -0.2) is 57.2 Å². The molecule has 0 unspecified atom stereocenters. The Hall–Kier alpha value is -2.64. The van der Waals surface area contributed by atoms with E-state index in [-0.39, 0.29) is 5.91 Å². The fraction of sp³-hybridized carbons (Fsp3) is 0.222. The average Bonchev–Trinajstić information content (AvgIpc) is 3.20. The molecule has 0 bridgehead atoms. The highest BCUT2D eigenvalue weighted by Crippen LogP contribution is 2.23. The number of tetrazole rings is 1. The van der Waals surface area contributed by atoms with Crippen molar-refractivity contribution in [3.05, 3.63) is 64.1 Å². The monoisotopic (exact) mass is 402 g/mol. The number of nitrogens with zero attached hydrogens (tertiary/aromatic N) is 6. The zero-order chi connectivity index (χ0) is 18.8. The van der Waals surface area contributed by atoms with Gasteiger partial charge in [-0.25, -0.2) is 0 Å². The summed E-state index contributed by atoms with van der Waals surface area (Å²) in [4.78, 5) is 16.6. The van der Waals surface area contributed by atoms with Gasteiger partial charge in [-0.3, -0.25) is 4.79 Å². The molecule has 0 aliphatic carbocycles. The van der Waals surface area contributed by atoms with Gasteiger partial charge in [-0.1, -0.05) is 46.5 Å². The molecule has 1 amide bonds. The van der Waals surface area contributed by atoms with E-state index in [9.17, 15) is 4.79 Å². The third-order valence-electron chi connectivity index (χ3n) is 4.46. The highest BCUT2D eigenvalue weighted by molar-refractivity contribution is 6.35. The molecule has 0 spiro atoms.